The first-order valence-electron chi connectivity index (χ1n) is 6.29. The SMILES string of the molecule is COC(=O)[C@@H](N)CCCN=C(N)NC(=O)OC(C)(C)C. The number of nitrogens with zero attached hydrogens (tertiary/aromatic N) is 1. The van der Waals surface area contributed by atoms with Gasteiger partial charge in [0.25, 0.3) is 0 Å². The summed E-state index contributed by atoms with van der Waals surface area (Å²) in [6.45, 7) is 5.57. The molecule has 0 aliphatic rings. The molecule has 0 aromatic rings. The smallest absolute Gasteiger partial charge is 0.414 e. The van der Waals surface area contributed by atoms with Crippen LogP contribution >= 0.6 is 0 Å². The molecule has 1 atom stereocenters. The quantitative estimate of drug-likeness (QED) is 0.285. The fourth-order valence-corrected chi connectivity index (χ4v) is 1.23. The Kier molecular flexibility index (Phi) is 7.60. The van der Waals surface area contributed by atoms with Crippen molar-refractivity contribution in [3.05, 3.63) is 0 Å². The molecule has 0 saturated carbocycles. The predicted octanol–water partition coefficient (Wildman–Crippen LogP) is 0.106. The van der Waals surface area contributed by atoms with Crippen LogP contribution in [0.2, 0.25) is 0 Å². The molecule has 1 amide bonds. The summed E-state index contributed by atoms with van der Waals surface area (Å²) < 4.78 is 9.50. The maximum Gasteiger partial charge on any atom is 0.414 e. The highest BCUT2D eigenvalue weighted by Crippen LogP contribution is 2.06. The van der Waals surface area contributed by atoms with Crippen molar-refractivity contribution < 1.29 is 19.1 Å². The Morgan fingerprint density at radius 1 is 1.35 bits per heavy atom. The number of aliphatic imine (C=N–C) groups is 1. The van der Waals surface area contributed by atoms with Gasteiger partial charge in [-0.2, -0.15) is 0 Å². The first-order chi connectivity index (χ1) is 9.15. The second-order valence-corrected chi connectivity index (χ2v) is 5.17. The molecule has 0 spiro atoms. The molecule has 0 radical (unpaired) electrons. The number of nitrogens with two attached hydrogens (primary N) is 2. The summed E-state index contributed by atoms with van der Waals surface area (Å²) in [4.78, 5) is 26.3. The van der Waals surface area contributed by atoms with E-state index in [-0.39, 0.29) is 5.96 Å². The third-order valence-electron chi connectivity index (χ3n) is 2.09. The molecule has 0 fully saturated rings. The summed E-state index contributed by atoms with van der Waals surface area (Å²) in [5, 5.41) is 2.30. The van der Waals surface area contributed by atoms with Crippen molar-refractivity contribution in [1.29, 1.82) is 0 Å². The Bertz CT molecular complexity index is 363. The van der Waals surface area contributed by atoms with Crippen molar-refractivity contribution in [2.45, 2.75) is 45.3 Å². The minimum Gasteiger partial charge on any atom is -0.468 e. The van der Waals surface area contributed by atoms with Gasteiger partial charge in [-0.1, -0.05) is 0 Å². The number of esters is 1. The van der Waals surface area contributed by atoms with E-state index >= 15 is 0 Å². The highest BCUT2D eigenvalue weighted by molar-refractivity contribution is 5.92. The summed E-state index contributed by atoms with van der Waals surface area (Å²) in [7, 11) is 1.28. The fourth-order valence-electron chi connectivity index (χ4n) is 1.23. The molecule has 0 aliphatic heterocycles. The fraction of sp³-hybridized carbons (Fsp3) is 0.750. The first kappa shape index (κ1) is 18.2. The number of ether oxygens (including phenoxy) is 2. The lowest BCUT2D eigenvalue weighted by Gasteiger charge is -2.19. The number of nitrogens with one attached hydrogen (secondary N) is 1. The van der Waals surface area contributed by atoms with E-state index in [0.29, 0.717) is 19.4 Å². The minimum atomic E-state index is -0.671. The van der Waals surface area contributed by atoms with E-state index in [9.17, 15) is 9.59 Å². The molecule has 8 heteroatoms. The molecule has 116 valence electrons. The van der Waals surface area contributed by atoms with E-state index in [1.807, 2.05) is 0 Å². The predicted molar refractivity (Wildman–Crippen MR) is 75.1 cm³/mol. The molecule has 0 aromatic carbocycles. The van der Waals surface area contributed by atoms with Gasteiger partial charge >= 0.3 is 12.1 Å². The van der Waals surface area contributed by atoms with E-state index in [2.05, 4.69) is 15.0 Å². The van der Waals surface area contributed by atoms with Crippen LogP contribution in [0, 0.1) is 0 Å². The summed E-state index contributed by atoms with van der Waals surface area (Å²) >= 11 is 0. The van der Waals surface area contributed by atoms with Crippen LogP contribution < -0.4 is 16.8 Å². The van der Waals surface area contributed by atoms with Crippen molar-refractivity contribution in [2.24, 2.45) is 16.5 Å². The minimum absolute atomic E-state index is 0.0362. The number of alkyl carbamates (subject to hydrolysis) is 1. The van der Waals surface area contributed by atoms with Gasteiger partial charge in [0.15, 0.2) is 5.96 Å². The maximum absolute atomic E-state index is 11.4. The van der Waals surface area contributed by atoms with E-state index in [1.54, 1.807) is 20.8 Å². The number of hydrogen-bond donors (Lipinski definition) is 3. The molecule has 0 aromatic heterocycles. The van der Waals surface area contributed by atoms with Gasteiger partial charge < -0.3 is 20.9 Å². The largest absolute Gasteiger partial charge is 0.468 e. The highest BCUT2D eigenvalue weighted by Gasteiger charge is 2.16. The lowest BCUT2D eigenvalue weighted by molar-refractivity contribution is -0.142. The van der Waals surface area contributed by atoms with Crippen LogP contribution in [-0.4, -0.2) is 43.3 Å². The van der Waals surface area contributed by atoms with Crippen molar-refractivity contribution in [3.8, 4) is 0 Å². The second-order valence-electron chi connectivity index (χ2n) is 5.17. The number of carbonyl (C=O) groups excluding carboxylic acids is 2. The van der Waals surface area contributed by atoms with Crippen molar-refractivity contribution >= 4 is 18.0 Å². The van der Waals surface area contributed by atoms with Gasteiger partial charge in [-0.3, -0.25) is 15.1 Å². The number of rotatable bonds is 5. The van der Waals surface area contributed by atoms with Gasteiger partial charge in [-0.05, 0) is 33.6 Å². The van der Waals surface area contributed by atoms with Crippen LogP contribution in [0.4, 0.5) is 4.79 Å². The van der Waals surface area contributed by atoms with E-state index < -0.39 is 23.7 Å². The van der Waals surface area contributed by atoms with Gasteiger partial charge in [0.1, 0.15) is 11.6 Å². The average molecular weight is 288 g/mol. The van der Waals surface area contributed by atoms with E-state index in [1.165, 1.54) is 7.11 Å². The Balaban J connectivity index is 3.97. The zero-order chi connectivity index (χ0) is 15.8. The molecule has 8 nitrogen and oxygen atoms in total. The summed E-state index contributed by atoms with van der Waals surface area (Å²) in [5.74, 6) is -0.500. The summed E-state index contributed by atoms with van der Waals surface area (Å²) in [6.07, 6.45) is 0.313. The van der Waals surface area contributed by atoms with E-state index in [0.717, 1.165) is 0 Å². The second kappa shape index (κ2) is 8.36. The molecule has 0 unspecified atom stereocenters. The van der Waals surface area contributed by atoms with Crippen LogP contribution in [0.5, 0.6) is 0 Å². The Hall–Kier alpha value is -1.83. The lowest BCUT2D eigenvalue weighted by Crippen LogP contribution is -2.40. The molecule has 0 aliphatic carbocycles. The third kappa shape index (κ3) is 9.15. The molecular weight excluding hydrogens is 264 g/mol. The summed E-state index contributed by atoms with van der Waals surface area (Å²) in [6, 6.07) is -0.671. The normalized spacial score (nSPS) is 13.6. The standard InChI is InChI=1S/C12H24N4O4/c1-12(2,3)20-11(18)16-10(14)15-7-5-6-8(13)9(17)19-4/h8H,5-7,13H2,1-4H3,(H3,14,15,16,18)/t8-/m0/s1. The van der Waals surface area contributed by atoms with Gasteiger partial charge in [-0.25, -0.2) is 4.79 Å². The topological polar surface area (TPSA) is 129 Å². The number of hydrogen-bond acceptors (Lipinski definition) is 6. The van der Waals surface area contributed by atoms with Gasteiger partial charge in [-0.15, -0.1) is 0 Å². The average Bonchev–Trinajstić information content (AvgIpc) is 2.30. The monoisotopic (exact) mass is 288 g/mol. The third-order valence-corrected chi connectivity index (χ3v) is 2.09. The maximum atomic E-state index is 11.4. The number of carbonyl (C=O) groups is 2. The number of amides is 1. The molecule has 0 heterocycles. The Morgan fingerprint density at radius 3 is 2.45 bits per heavy atom. The first-order valence-corrected chi connectivity index (χ1v) is 6.29. The van der Waals surface area contributed by atoms with Crippen molar-refractivity contribution in [2.75, 3.05) is 13.7 Å². The van der Waals surface area contributed by atoms with Crippen LogP contribution in [-0.2, 0) is 14.3 Å². The summed E-state index contributed by atoms with van der Waals surface area (Å²) in [5.41, 5.74) is 10.5. The number of guanidine groups is 1. The van der Waals surface area contributed by atoms with Gasteiger partial charge in [0, 0.05) is 6.54 Å². The van der Waals surface area contributed by atoms with Crippen LogP contribution in [0.25, 0.3) is 0 Å². The van der Waals surface area contributed by atoms with E-state index in [4.69, 9.17) is 16.2 Å². The van der Waals surface area contributed by atoms with Gasteiger partial charge in [0.2, 0.25) is 0 Å². The van der Waals surface area contributed by atoms with Crippen LogP contribution in [0.3, 0.4) is 0 Å². The lowest BCUT2D eigenvalue weighted by atomic mass is 10.2. The molecule has 20 heavy (non-hydrogen) atoms. The molecule has 0 saturated heterocycles. The molecular formula is C12H24N4O4. The highest BCUT2D eigenvalue weighted by atomic mass is 16.6. The van der Waals surface area contributed by atoms with Crippen molar-refractivity contribution in [3.63, 3.8) is 0 Å². The molecule has 0 rings (SSSR count). The zero-order valence-corrected chi connectivity index (χ0v) is 12.4. The number of methoxy groups -OCH3 is 1. The zero-order valence-electron chi connectivity index (χ0n) is 12.4. The van der Waals surface area contributed by atoms with Crippen LogP contribution in [0.1, 0.15) is 33.6 Å². The van der Waals surface area contributed by atoms with Crippen LogP contribution in [0.15, 0.2) is 4.99 Å². The molecule has 5 N–H and O–H groups in total. The van der Waals surface area contributed by atoms with Crippen molar-refractivity contribution in [1.82, 2.24) is 5.32 Å². The van der Waals surface area contributed by atoms with Gasteiger partial charge in [0.05, 0.1) is 7.11 Å². The Labute approximate surface area is 118 Å². The Morgan fingerprint density at radius 2 is 1.95 bits per heavy atom. The molecule has 0 bridgehead atoms.